The first-order valence-corrected chi connectivity index (χ1v) is 6.56. The fraction of sp³-hybridized carbons (Fsp3) is 0.615. The molecule has 1 rings (SSSR count). The third-order valence-electron chi connectivity index (χ3n) is 2.64. The highest BCUT2D eigenvalue weighted by Gasteiger charge is 2.31. The highest BCUT2D eigenvalue weighted by Crippen LogP contribution is 2.31. The lowest BCUT2D eigenvalue weighted by Crippen LogP contribution is -2.20. The molecule has 1 heterocycles. The number of pyridine rings is 1. The number of anilines is 2. The van der Waals surface area contributed by atoms with E-state index in [1.807, 2.05) is 19.0 Å². The lowest BCUT2D eigenvalue weighted by atomic mass is 10.2. The van der Waals surface area contributed by atoms with E-state index in [2.05, 4.69) is 15.6 Å². The molecule has 0 aromatic carbocycles. The number of likely N-dealkylation sites (N-methyl/N-ethyl adjacent to an activating group) is 1. The second kappa shape index (κ2) is 8.04. The molecule has 0 saturated heterocycles. The number of nitrogens with one attached hydrogen (secondary N) is 2. The summed E-state index contributed by atoms with van der Waals surface area (Å²) in [5.74, 6) is 0.339. The summed E-state index contributed by atoms with van der Waals surface area (Å²) in [6.45, 7) is 2.17. The molecule has 120 valence electrons. The van der Waals surface area contributed by atoms with Crippen molar-refractivity contribution in [1.29, 1.82) is 0 Å². The van der Waals surface area contributed by atoms with E-state index in [9.17, 15) is 13.2 Å². The minimum atomic E-state index is -4.40. The van der Waals surface area contributed by atoms with Gasteiger partial charge in [0.1, 0.15) is 11.6 Å². The van der Waals surface area contributed by atoms with Gasteiger partial charge in [-0.15, -0.1) is 0 Å². The predicted molar refractivity (Wildman–Crippen MR) is 76.6 cm³/mol. The summed E-state index contributed by atoms with van der Waals surface area (Å²) < 4.78 is 43.6. The second-order valence-corrected chi connectivity index (χ2v) is 4.72. The van der Waals surface area contributed by atoms with Gasteiger partial charge in [-0.25, -0.2) is 4.98 Å². The number of hydrogen-bond donors (Lipinski definition) is 2. The number of aromatic nitrogens is 1. The van der Waals surface area contributed by atoms with Gasteiger partial charge in [0.25, 0.3) is 0 Å². The van der Waals surface area contributed by atoms with E-state index in [0.29, 0.717) is 19.8 Å². The van der Waals surface area contributed by atoms with Crippen LogP contribution in [0.3, 0.4) is 0 Å². The fourth-order valence-corrected chi connectivity index (χ4v) is 1.51. The minimum absolute atomic E-state index is 0.167. The Morgan fingerprint density at radius 1 is 1.19 bits per heavy atom. The fourth-order valence-electron chi connectivity index (χ4n) is 1.51. The Bertz CT molecular complexity index is 438. The van der Waals surface area contributed by atoms with Crippen molar-refractivity contribution in [3.05, 3.63) is 17.7 Å². The summed E-state index contributed by atoms with van der Waals surface area (Å²) in [7, 11) is 5.40. The lowest BCUT2D eigenvalue weighted by molar-refractivity contribution is -0.137. The summed E-state index contributed by atoms with van der Waals surface area (Å²) >= 11 is 0. The lowest BCUT2D eigenvalue weighted by Gasteiger charge is -2.13. The van der Waals surface area contributed by atoms with Crippen LogP contribution in [0.15, 0.2) is 12.1 Å². The van der Waals surface area contributed by atoms with Gasteiger partial charge < -0.3 is 20.3 Å². The number of hydrogen-bond acceptors (Lipinski definition) is 5. The summed E-state index contributed by atoms with van der Waals surface area (Å²) in [4.78, 5) is 6.01. The van der Waals surface area contributed by atoms with Gasteiger partial charge in [-0.05, 0) is 26.2 Å². The van der Waals surface area contributed by atoms with Crippen molar-refractivity contribution in [1.82, 2.24) is 9.88 Å². The van der Waals surface area contributed by atoms with E-state index in [0.717, 1.165) is 18.7 Å². The molecule has 21 heavy (non-hydrogen) atoms. The third kappa shape index (κ3) is 6.63. The van der Waals surface area contributed by atoms with Crippen molar-refractivity contribution in [3.8, 4) is 0 Å². The van der Waals surface area contributed by atoms with Gasteiger partial charge in [0.05, 0.1) is 18.8 Å². The van der Waals surface area contributed by atoms with Gasteiger partial charge in [0.2, 0.25) is 0 Å². The summed E-state index contributed by atoms with van der Waals surface area (Å²) in [6.07, 6.45) is -4.40. The first-order valence-electron chi connectivity index (χ1n) is 6.56. The molecule has 0 aliphatic rings. The van der Waals surface area contributed by atoms with E-state index in [4.69, 9.17) is 4.74 Å². The number of nitrogens with zero attached hydrogens (tertiary/aromatic N) is 2. The van der Waals surface area contributed by atoms with Crippen LogP contribution >= 0.6 is 0 Å². The zero-order valence-corrected chi connectivity index (χ0v) is 12.4. The molecule has 0 unspecified atom stereocenters. The number of ether oxygens (including phenoxy) is 1. The van der Waals surface area contributed by atoms with Crippen LogP contribution in [-0.4, -0.2) is 57.3 Å². The molecule has 0 fully saturated rings. The molecule has 0 radical (unpaired) electrons. The quantitative estimate of drug-likeness (QED) is 0.721. The highest BCUT2D eigenvalue weighted by atomic mass is 19.4. The van der Waals surface area contributed by atoms with Crippen LogP contribution in [0.4, 0.5) is 24.8 Å². The van der Waals surface area contributed by atoms with Crippen LogP contribution in [0.5, 0.6) is 0 Å². The van der Waals surface area contributed by atoms with Crippen LogP contribution in [0, 0.1) is 0 Å². The van der Waals surface area contributed by atoms with Crippen molar-refractivity contribution in [3.63, 3.8) is 0 Å². The Morgan fingerprint density at radius 2 is 1.86 bits per heavy atom. The van der Waals surface area contributed by atoms with Crippen LogP contribution < -0.4 is 10.6 Å². The van der Waals surface area contributed by atoms with E-state index < -0.39 is 11.7 Å². The molecule has 1 aromatic rings. The zero-order valence-electron chi connectivity index (χ0n) is 12.4. The molecule has 2 N–H and O–H groups in total. The van der Waals surface area contributed by atoms with Gasteiger partial charge in [-0.1, -0.05) is 0 Å². The topological polar surface area (TPSA) is 49.4 Å². The van der Waals surface area contributed by atoms with Gasteiger partial charge in [0.15, 0.2) is 0 Å². The number of halogens is 3. The maximum atomic E-state index is 12.7. The van der Waals surface area contributed by atoms with Crippen LogP contribution in [0.25, 0.3) is 0 Å². The van der Waals surface area contributed by atoms with Crippen LogP contribution in [0.2, 0.25) is 0 Å². The molecule has 0 saturated carbocycles. The maximum Gasteiger partial charge on any atom is 0.416 e. The average Bonchev–Trinajstić information content (AvgIpc) is 2.41. The summed E-state index contributed by atoms with van der Waals surface area (Å²) in [5.41, 5.74) is -0.738. The molecule has 0 bridgehead atoms. The molecule has 0 aliphatic heterocycles. The molecular weight excluding hydrogens is 285 g/mol. The summed E-state index contributed by atoms with van der Waals surface area (Å²) in [6, 6.07) is 1.96. The molecule has 0 spiro atoms. The van der Waals surface area contributed by atoms with E-state index >= 15 is 0 Å². The van der Waals surface area contributed by atoms with Crippen molar-refractivity contribution >= 4 is 11.6 Å². The predicted octanol–water partition coefficient (Wildman–Crippen LogP) is 2.13. The van der Waals surface area contributed by atoms with E-state index in [1.54, 1.807) is 0 Å². The number of rotatable bonds is 8. The highest BCUT2D eigenvalue weighted by molar-refractivity contribution is 5.49. The van der Waals surface area contributed by atoms with Gasteiger partial charge >= 0.3 is 6.18 Å². The smallest absolute Gasteiger partial charge is 0.378 e. The normalized spacial score (nSPS) is 11.8. The van der Waals surface area contributed by atoms with E-state index in [1.165, 1.54) is 7.05 Å². The van der Waals surface area contributed by atoms with Gasteiger partial charge in [-0.3, -0.25) is 0 Å². The largest absolute Gasteiger partial charge is 0.416 e. The molecular formula is C13H21F3N4O. The monoisotopic (exact) mass is 306 g/mol. The Balaban J connectivity index is 2.51. The van der Waals surface area contributed by atoms with Crippen molar-refractivity contribution in [2.24, 2.45) is 0 Å². The second-order valence-electron chi connectivity index (χ2n) is 4.72. The zero-order chi connectivity index (χ0) is 15.9. The molecule has 0 amide bonds. The van der Waals surface area contributed by atoms with Crippen LogP contribution in [0.1, 0.15) is 5.56 Å². The Morgan fingerprint density at radius 3 is 2.43 bits per heavy atom. The standard InChI is InChI=1S/C13H21F3N4O/c1-17-11-8-10(13(14,15)16)9-12(19-11)18-4-6-21-7-5-20(2)3/h8-9H,4-7H2,1-3H3,(H2,17,18,19). The Hall–Kier alpha value is -1.54. The van der Waals surface area contributed by atoms with Crippen LogP contribution in [-0.2, 0) is 10.9 Å². The Kier molecular flexibility index (Phi) is 6.70. The molecule has 5 nitrogen and oxygen atoms in total. The SMILES string of the molecule is CNc1cc(C(F)(F)F)cc(NCCOCCN(C)C)n1. The number of alkyl halides is 3. The molecule has 0 atom stereocenters. The average molecular weight is 306 g/mol. The van der Waals surface area contributed by atoms with Crippen molar-refractivity contribution < 1.29 is 17.9 Å². The van der Waals surface area contributed by atoms with Crippen molar-refractivity contribution in [2.45, 2.75) is 6.18 Å². The first-order chi connectivity index (χ1) is 9.82. The first kappa shape index (κ1) is 17.5. The Labute approximate surface area is 122 Å². The third-order valence-corrected chi connectivity index (χ3v) is 2.64. The minimum Gasteiger partial charge on any atom is -0.378 e. The van der Waals surface area contributed by atoms with E-state index in [-0.39, 0.29) is 11.6 Å². The van der Waals surface area contributed by atoms with Crippen molar-refractivity contribution in [2.75, 3.05) is 58.1 Å². The molecule has 8 heteroatoms. The molecule has 1 aromatic heterocycles. The maximum absolute atomic E-state index is 12.7. The summed E-state index contributed by atoms with van der Waals surface area (Å²) in [5, 5.41) is 5.45. The van der Waals surface area contributed by atoms with Gasteiger partial charge in [-0.2, -0.15) is 13.2 Å². The van der Waals surface area contributed by atoms with Gasteiger partial charge in [0, 0.05) is 20.1 Å². The molecule has 0 aliphatic carbocycles.